The van der Waals surface area contributed by atoms with Gasteiger partial charge in [-0.15, -0.1) is 11.3 Å². The number of hydrogen-bond donors (Lipinski definition) is 1. The van der Waals surface area contributed by atoms with Crippen LogP contribution in [0.15, 0.2) is 64.2 Å². The molecule has 1 aliphatic heterocycles. The Morgan fingerprint density at radius 3 is 2.83 bits per heavy atom. The first-order valence-corrected chi connectivity index (χ1v) is 11.6. The molecule has 6 nitrogen and oxygen atoms in total. The quantitative estimate of drug-likeness (QED) is 0.446. The van der Waals surface area contributed by atoms with Gasteiger partial charge in [-0.3, -0.25) is 9.69 Å². The number of nitrogens with one attached hydrogen (secondary N) is 1. The number of oxazole rings is 1. The van der Waals surface area contributed by atoms with E-state index in [0.717, 1.165) is 42.8 Å². The number of rotatable bonds is 6. The van der Waals surface area contributed by atoms with Crippen molar-refractivity contribution in [3.05, 3.63) is 70.7 Å². The maximum absolute atomic E-state index is 12.4. The van der Waals surface area contributed by atoms with Gasteiger partial charge in [-0.05, 0) is 17.7 Å². The van der Waals surface area contributed by atoms with Crippen LogP contribution in [-0.4, -0.2) is 33.1 Å². The van der Waals surface area contributed by atoms with Crippen molar-refractivity contribution in [2.45, 2.75) is 24.7 Å². The predicted octanol–water partition coefficient (Wildman–Crippen LogP) is 4.57. The van der Waals surface area contributed by atoms with E-state index in [2.05, 4.69) is 44.5 Å². The Kier molecular flexibility index (Phi) is 5.52. The van der Waals surface area contributed by atoms with Crippen molar-refractivity contribution in [2.75, 3.05) is 17.6 Å². The van der Waals surface area contributed by atoms with E-state index < -0.39 is 0 Å². The van der Waals surface area contributed by atoms with E-state index >= 15 is 0 Å². The van der Waals surface area contributed by atoms with E-state index in [1.54, 1.807) is 11.3 Å². The Balaban J connectivity index is 1.17. The summed E-state index contributed by atoms with van der Waals surface area (Å²) in [4.78, 5) is 25.0. The van der Waals surface area contributed by atoms with Gasteiger partial charge in [-0.25, -0.2) is 9.97 Å². The number of benzene rings is 2. The summed E-state index contributed by atoms with van der Waals surface area (Å²) in [5.41, 5.74) is 3.95. The molecule has 30 heavy (non-hydrogen) atoms. The Hall–Kier alpha value is -2.68. The fourth-order valence-corrected chi connectivity index (χ4v) is 5.18. The molecule has 1 N–H and O–H groups in total. The van der Waals surface area contributed by atoms with E-state index in [4.69, 9.17) is 4.42 Å². The summed E-state index contributed by atoms with van der Waals surface area (Å²) in [7, 11) is 0. The van der Waals surface area contributed by atoms with Crippen molar-refractivity contribution in [3.63, 3.8) is 0 Å². The molecule has 0 radical (unpaired) electrons. The third-order valence-corrected chi connectivity index (χ3v) is 6.73. The maximum atomic E-state index is 12.4. The average molecular weight is 437 g/mol. The number of amides is 1. The van der Waals surface area contributed by atoms with Gasteiger partial charge in [0.2, 0.25) is 5.91 Å². The van der Waals surface area contributed by atoms with Crippen molar-refractivity contribution in [1.82, 2.24) is 14.9 Å². The van der Waals surface area contributed by atoms with Crippen LogP contribution in [-0.2, 0) is 24.3 Å². The highest BCUT2D eigenvalue weighted by Gasteiger charge is 2.21. The molecule has 2 aromatic carbocycles. The smallest absolute Gasteiger partial charge is 0.257 e. The summed E-state index contributed by atoms with van der Waals surface area (Å²) < 4.78 is 5.65. The minimum Gasteiger partial charge on any atom is -0.431 e. The molecule has 1 amide bonds. The molecule has 0 saturated heterocycles. The van der Waals surface area contributed by atoms with Crippen LogP contribution < -0.4 is 5.32 Å². The van der Waals surface area contributed by atoms with Crippen LogP contribution in [0.25, 0.3) is 11.1 Å². The normalized spacial score (nSPS) is 14.0. The van der Waals surface area contributed by atoms with Gasteiger partial charge in [-0.1, -0.05) is 54.2 Å². The molecule has 3 heterocycles. The minimum absolute atomic E-state index is 0.102. The van der Waals surface area contributed by atoms with E-state index in [1.165, 1.54) is 22.2 Å². The topological polar surface area (TPSA) is 71.3 Å². The molecule has 5 rings (SSSR count). The lowest BCUT2D eigenvalue weighted by Crippen LogP contribution is -2.29. The number of anilines is 1. The second-order valence-electron chi connectivity index (χ2n) is 7.12. The first kappa shape index (κ1) is 19.3. The largest absolute Gasteiger partial charge is 0.431 e. The zero-order chi connectivity index (χ0) is 20.3. The van der Waals surface area contributed by atoms with Crippen LogP contribution in [0.1, 0.15) is 16.1 Å². The summed E-state index contributed by atoms with van der Waals surface area (Å²) in [6.07, 6.45) is 0.909. The molecule has 152 valence electrons. The number of carbonyl (C=O) groups is 1. The molecule has 0 bridgehead atoms. The molecule has 0 atom stereocenters. The fraction of sp³-hybridized carbons (Fsp3) is 0.227. The van der Waals surface area contributed by atoms with Gasteiger partial charge in [0.25, 0.3) is 5.22 Å². The average Bonchev–Trinajstić information content (AvgIpc) is 3.35. The van der Waals surface area contributed by atoms with Crippen molar-refractivity contribution < 1.29 is 9.21 Å². The monoisotopic (exact) mass is 436 g/mol. The number of nitrogens with zero attached hydrogens (tertiary/aromatic N) is 3. The highest BCUT2D eigenvalue weighted by Crippen LogP contribution is 2.29. The molecule has 0 aliphatic carbocycles. The highest BCUT2D eigenvalue weighted by atomic mass is 32.2. The summed E-state index contributed by atoms with van der Waals surface area (Å²) >= 11 is 2.86. The van der Waals surface area contributed by atoms with Crippen molar-refractivity contribution in [3.8, 4) is 0 Å². The molecule has 0 saturated carbocycles. The minimum atomic E-state index is -0.102. The van der Waals surface area contributed by atoms with Gasteiger partial charge in [0.05, 0.1) is 11.4 Å². The van der Waals surface area contributed by atoms with Crippen molar-refractivity contribution in [2.24, 2.45) is 0 Å². The van der Waals surface area contributed by atoms with Crippen molar-refractivity contribution >= 4 is 45.2 Å². The first-order valence-electron chi connectivity index (χ1n) is 9.76. The number of thioether (sulfide) groups is 1. The third-order valence-electron chi connectivity index (χ3n) is 4.91. The van der Waals surface area contributed by atoms with E-state index in [1.807, 2.05) is 30.3 Å². The molecule has 1 aliphatic rings. The summed E-state index contributed by atoms with van der Waals surface area (Å²) in [6.45, 7) is 2.78. The molecule has 8 heteroatoms. The van der Waals surface area contributed by atoms with E-state index in [9.17, 15) is 4.79 Å². The number of carbonyl (C=O) groups excluding carboxylic acids is 1. The van der Waals surface area contributed by atoms with Gasteiger partial charge in [0.1, 0.15) is 5.52 Å². The highest BCUT2D eigenvalue weighted by molar-refractivity contribution is 7.99. The SMILES string of the molecule is O=C(CSc1nc2ccccc2o1)Nc1nc2c(s1)CN(Cc1ccccc1)CC2. The fourth-order valence-electron chi connectivity index (χ4n) is 3.47. The Morgan fingerprint density at radius 1 is 1.13 bits per heavy atom. The Morgan fingerprint density at radius 2 is 1.97 bits per heavy atom. The Labute approximate surface area is 182 Å². The van der Waals surface area contributed by atoms with Crippen LogP contribution >= 0.6 is 23.1 Å². The standard InChI is InChI=1S/C22H20N4O2S2/c27-20(14-29-22-24-16-8-4-5-9-18(16)28-22)25-21-23-17-10-11-26(13-19(17)30-21)12-15-6-2-1-3-7-15/h1-9H,10-14H2,(H,23,25,27). The van der Waals surface area contributed by atoms with Crippen LogP contribution in [0.5, 0.6) is 0 Å². The number of hydrogen-bond acceptors (Lipinski definition) is 7. The molecule has 4 aromatic rings. The lowest BCUT2D eigenvalue weighted by atomic mass is 10.1. The lowest BCUT2D eigenvalue weighted by molar-refractivity contribution is -0.113. The van der Waals surface area contributed by atoms with Gasteiger partial charge in [0.15, 0.2) is 10.7 Å². The van der Waals surface area contributed by atoms with Crippen LogP contribution in [0.2, 0.25) is 0 Å². The first-order chi connectivity index (χ1) is 14.7. The maximum Gasteiger partial charge on any atom is 0.257 e. The van der Waals surface area contributed by atoms with E-state index in [0.29, 0.717) is 10.4 Å². The molecule has 2 aromatic heterocycles. The number of para-hydroxylation sites is 2. The predicted molar refractivity (Wildman–Crippen MR) is 120 cm³/mol. The molecular formula is C22H20N4O2S2. The lowest BCUT2D eigenvalue weighted by Gasteiger charge is -2.25. The molecule has 0 fully saturated rings. The molecule has 0 spiro atoms. The van der Waals surface area contributed by atoms with Gasteiger partial charge in [0, 0.05) is 30.9 Å². The van der Waals surface area contributed by atoms with Crippen LogP contribution in [0.3, 0.4) is 0 Å². The Bertz CT molecular complexity index is 1140. The number of aromatic nitrogens is 2. The number of thiazole rings is 1. The zero-order valence-corrected chi connectivity index (χ0v) is 17.8. The molecule has 0 unspecified atom stereocenters. The van der Waals surface area contributed by atoms with Gasteiger partial charge in [-0.2, -0.15) is 0 Å². The van der Waals surface area contributed by atoms with E-state index in [-0.39, 0.29) is 11.7 Å². The van der Waals surface area contributed by atoms with Crippen molar-refractivity contribution in [1.29, 1.82) is 0 Å². The second kappa shape index (κ2) is 8.59. The second-order valence-corrected chi connectivity index (χ2v) is 9.13. The van der Waals surface area contributed by atoms with Crippen LogP contribution in [0.4, 0.5) is 5.13 Å². The third kappa shape index (κ3) is 4.40. The zero-order valence-electron chi connectivity index (χ0n) is 16.2. The summed E-state index contributed by atoms with van der Waals surface area (Å²) in [5.74, 6) is 0.131. The molecular weight excluding hydrogens is 416 g/mol. The summed E-state index contributed by atoms with van der Waals surface area (Å²) in [5, 5.41) is 4.10. The number of fused-ring (bicyclic) bond motifs is 2. The van der Waals surface area contributed by atoms with Crippen LogP contribution in [0, 0.1) is 0 Å². The van der Waals surface area contributed by atoms with Gasteiger partial charge < -0.3 is 9.73 Å². The summed E-state index contributed by atoms with van der Waals surface area (Å²) in [6, 6.07) is 18.1. The van der Waals surface area contributed by atoms with Gasteiger partial charge >= 0.3 is 0 Å².